The number of nitrogens with zero attached hydrogens (tertiary/aromatic N) is 1. The number of nitrogens with two attached hydrogens (primary N) is 1. The molecule has 1 atom stereocenters. The van der Waals surface area contributed by atoms with E-state index in [2.05, 4.69) is 0 Å². The number of rotatable bonds is 6. The van der Waals surface area contributed by atoms with Crippen LogP contribution in [0.15, 0.2) is 0 Å². The highest BCUT2D eigenvalue weighted by molar-refractivity contribution is 6.01. The monoisotopic (exact) mass is 286 g/mol. The van der Waals surface area contributed by atoms with Crippen LogP contribution in [0.2, 0.25) is 0 Å². The maximum Gasteiger partial charge on any atom is 0.332 e. The fourth-order valence-corrected chi connectivity index (χ4v) is 2.30. The number of carboxylic acid groups (broad SMARTS) is 1. The van der Waals surface area contributed by atoms with Gasteiger partial charge >= 0.3 is 11.9 Å². The van der Waals surface area contributed by atoms with Crippen molar-refractivity contribution in [1.82, 2.24) is 4.90 Å². The van der Waals surface area contributed by atoms with Crippen LogP contribution in [0.1, 0.15) is 32.6 Å². The summed E-state index contributed by atoms with van der Waals surface area (Å²) in [6, 6.07) is -1.26. The van der Waals surface area contributed by atoms with Crippen LogP contribution in [0.5, 0.6) is 0 Å². The SMILES string of the molecule is CCOC(=O)C(N)C(=O)N1CCC(CCC(=O)O)CC1. The van der Waals surface area contributed by atoms with Crippen LogP contribution in [0, 0.1) is 5.92 Å². The van der Waals surface area contributed by atoms with Crippen molar-refractivity contribution in [2.24, 2.45) is 11.7 Å². The molecule has 0 aromatic rings. The van der Waals surface area contributed by atoms with E-state index >= 15 is 0 Å². The predicted molar refractivity (Wildman–Crippen MR) is 70.8 cm³/mol. The smallest absolute Gasteiger partial charge is 0.332 e. The van der Waals surface area contributed by atoms with Crippen molar-refractivity contribution in [3.63, 3.8) is 0 Å². The topological polar surface area (TPSA) is 110 Å². The Morgan fingerprint density at radius 1 is 1.35 bits per heavy atom. The predicted octanol–water partition coefficient (Wildman–Crippen LogP) is -0.0198. The van der Waals surface area contributed by atoms with E-state index in [1.807, 2.05) is 0 Å². The number of hydrogen-bond acceptors (Lipinski definition) is 5. The average molecular weight is 286 g/mol. The second-order valence-electron chi connectivity index (χ2n) is 4.93. The third kappa shape index (κ3) is 4.80. The Kier molecular flexibility index (Phi) is 6.44. The van der Waals surface area contributed by atoms with Gasteiger partial charge in [-0.05, 0) is 32.1 Å². The van der Waals surface area contributed by atoms with Crippen molar-refractivity contribution in [3.8, 4) is 0 Å². The van der Waals surface area contributed by atoms with Crippen LogP contribution in [0.4, 0.5) is 0 Å². The van der Waals surface area contributed by atoms with Gasteiger partial charge in [0.15, 0.2) is 6.04 Å². The largest absolute Gasteiger partial charge is 0.481 e. The molecule has 3 N–H and O–H groups in total. The average Bonchev–Trinajstić information content (AvgIpc) is 2.44. The zero-order valence-corrected chi connectivity index (χ0v) is 11.7. The van der Waals surface area contributed by atoms with Gasteiger partial charge in [-0.25, -0.2) is 4.79 Å². The quantitative estimate of drug-likeness (QED) is 0.524. The molecule has 7 heteroatoms. The zero-order chi connectivity index (χ0) is 15.1. The lowest BCUT2D eigenvalue weighted by atomic mass is 9.92. The molecule has 0 spiro atoms. The van der Waals surface area contributed by atoms with E-state index in [0.717, 1.165) is 12.8 Å². The lowest BCUT2D eigenvalue weighted by molar-refractivity contribution is -0.151. The summed E-state index contributed by atoms with van der Waals surface area (Å²) >= 11 is 0. The van der Waals surface area contributed by atoms with Crippen LogP contribution in [0.3, 0.4) is 0 Å². The summed E-state index contributed by atoms with van der Waals surface area (Å²) in [5.74, 6) is -1.60. The van der Waals surface area contributed by atoms with Crippen LogP contribution in [-0.2, 0) is 19.1 Å². The molecule has 0 bridgehead atoms. The highest BCUT2D eigenvalue weighted by atomic mass is 16.5. The first-order valence-electron chi connectivity index (χ1n) is 6.88. The molecule has 1 unspecified atom stereocenters. The van der Waals surface area contributed by atoms with E-state index in [0.29, 0.717) is 25.4 Å². The summed E-state index contributed by atoms with van der Waals surface area (Å²) in [5, 5.41) is 8.64. The van der Waals surface area contributed by atoms with Crippen molar-refractivity contribution < 1.29 is 24.2 Å². The number of carbonyl (C=O) groups is 3. The second kappa shape index (κ2) is 7.84. The lowest BCUT2D eigenvalue weighted by Crippen LogP contribution is -2.51. The Morgan fingerprint density at radius 2 is 1.95 bits per heavy atom. The van der Waals surface area contributed by atoms with Gasteiger partial charge in [0.1, 0.15) is 0 Å². The Hall–Kier alpha value is -1.63. The lowest BCUT2D eigenvalue weighted by Gasteiger charge is -2.32. The van der Waals surface area contributed by atoms with Gasteiger partial charge in [-0.2, -0.15) is 0 Å². The van der Waals surface area contributed by atoms with Gasteiger partial charge < -0.3 is 20.5 Å². The van der Waals surface area contributed by atoms with Gasteiger partial charge in [0.2, 0.25) is 0 Å². The highest BCUT2D eigenvalue weighted by Crippen LogP contribution is 2.22. The summed E-state index contributed by atoms with van der Waals surface area (Å²) in [5.41, 5.74) is 5.57. The van der Waals surface area contributed by atoms with E-state index < -0.39 is 23.9 Å². The van der Waals surface area contributed by atoms with Gasteiger partial charge in [0, 0.05) is 19.5 Å². The molecule has 1 rings (SSSR count). The van der Waals surface area contributed by atoms with Crippen molar-refractivity contribution in [1.29, 1.82) is 0 Å². The number of amides is 1. The van der Waals surface area contributed by atoms with Gasteiger partial charge in [0.05, 0.1) is 6.61 Å². The van der Waals surface area contributed by atoms with Crippen molar-refractivity contribution in [2.75, 3.05) is 19.7 Å². The summed E-state index contributed by atoms with van der Waals surface area (Å²) in [6.45, 7) is 2.87. The maximum absolute atomic E-state index is 12.0. The third-order valence-electron chi connectivity index (χ3n) is 3.50. The Morgan fingerprint density at radius 3 is 2.45 bits per heavy atom. The Bertz CT molecular complexity index is 364. The van der Waals surface area contributed by atoms with E-state index in [1.165, 1.54) is 0 Å². The van der Waals surface area contributed by atoms with Crippen molar-refractivity contribution >= 4 is 17.8 Å². The number of hydrogen-bond donors (Lipinski definition) is 2. The van der Waals surface area contributed by atoms with Gasteiger partial charge in [-0.1, -0.05) is 0 Å². The molecule has 1 amide bonds. The van der Waals surface area contributed by atoms with Gasteiger partial charge in [-0.3, -0.25) is 9.59 Å². The number of esters is 1. The molecule has 1 fully saturated rings. The van der Waals surface area contributed by atoms with Crippen LogP contribution in [0.25, 0.3) is 0 Å². The van der Waals surface area contributed by atoms with Crippen LogP contribution in [-0.4, -0.2) is 53.6 Å². The number of aliphatic carboxylic acids is 1. The van der Waals surface area contributed by atoms with E-state index in [9.17, 15) is 14.4 Å². The number of ether oxygens (including phenoxy) is 1. The molecule has 0 aromatic carbocycles. The van der Waals surface area contributed by atoms with Crippen LogP contribution >= 0.6 is 0 Å². The summed E-state index contributed by atoms with van der Waals surface area (Å²) < 4.78 is 4.72. The molecule has 1 aliphatic rings. The Balaban J connectivity index is 2.38. The first kappa shape index (κ1) is 16.4. The molecular weight excluding hydrogens is 264 g/mol. The van der Waals surface area contributed by atoms with Gasteiger partial charge in [-0.15, -0.1) is 0 Å². The molecule has 1 heterocycles. The molecular formula is C13H22N2O5. The van der Waals surface area contributed by atoms with E-state index in [1.54, 1.807) is 11.8 Å². The fraction of sp³-hybridized carbons (Fsp3) is 0.769. The van der Waals surface area contributed by atoms with Crippen molar-refractivity contribution in [2.45, 2.75) is 38.6 Å². The number of carboxylic acids is 1. The molecule has 1 saturated heterocycles. The highest BCUT2D eigenvalue weighted by Gasteiger charge is 2.31. The second-order valence-corrected chi connectivity index (χ2v) is 4.93. The molecule has 0 aromatic heterocycles. The fourth-order valence-electron chi connectivity index (χ4n) is 2.30. The van der Waals surface area contributed by atoms with Gasteiger partial charge in [0.25, 0.3) is 5.91 Å². The number of carbonyl (C=O) groups excluding carboxylic acids is 2. The molecule has 7 nitrogen and oxygen atoms in total. The Labute approximate surface area is 118 Å². The molecule has 20 heavy (non-hydrogen) atoms. The summed E-state index contributed by atoms with van der Waals surface area (Å²) in [6.07, 6.45) is 2.27. The first-order chi connectivity index (χ1) is 9.45. The molecule has 0 radical (unpaired) electrons. The summed E-state index contributed by atoms with van der Waals surface area (Å²) in [7, 11) is 0. The van der Waals surface area contributed by atoms with E-state index in [4.69, 9.17) is 15.6 Å². The number of piperidine rings is 1. The first-order valence-corrected chi connectivity index (χ1v) is 6.88. The normalized spacial score (nSPS) is 17.6. The molecule has 0 aliphatic carbocycles. The minimum atomic E-state index is -1.26. The summed E-state index contributed by atoms with van der Waals surface area (Å²) in [4.78, 5) is 35.5. The van der Waals surface area contributed by atoms with Crippen LogP contribution < -0.4 is 5.73 Å². The zero-order valence-electron chi connectivity index (χ0n) is 11.7. The standard InChI is InChI=1S/C13H22N2O5/c1-2-20-13(19)11(14)12(18)15-7-5-9(6-8-15)3-4-10(16)17/h9,11H,2-8,14H2,1H3,(H,16,17). The minimum Gasteiger partial charge on any atom is -0.481 e. The van der Waals surface area contributed by atoms with E-state index in [-0.39, 0.29) is 13.0 Å². The molecule has 1 aliphatic heterocycles. The van der Waals surface area contributed by atoms with Crippen molar-refractivity contribution in [3.05, 3.63) is 0 Å². The number of likely N-dealkylation sites (tertiary alicyclic amines) is 1. The molecule has 0 saturated carbocycles. The minimum absolute atomic E-state index is 0.154. The molecule has 114 valence electrons. The maximum atomic E-state index is 12.0. The third-order valence-corrected chi connectivity index (χ3v) is 3.50.